The van der Waals surface area contributed by atoms with E-state index in [1.165, 1.54) is 5.56 Å². The number of alkyl halides is 2. The molecule has 0 spiro atoms. The topological polar surface area (TPSA) is 12.0 Å². The first kappa shape index (κ1) is 13.3. The first-order chi connectivity index (χ1) is 8.61. The number of halogens is 2. The molecule has 1 nitrogen and oxygen atoms in total. The summed E-state index contributed by atoms with van der Waals surface area (Å²) in [6, 6.07) is 8.10. The summed E-state index contributed by atoms with van der Waals surface area (Å²) < 4.78 is 26.6. The molecule has 2 rings (SSSR count). The quantitative estimate of drug-likeness (QED) is 0.833. The maximum Gasteiger partial charge on any atom is 0.248 e. The standard InChI is InChI=1S/C15H21F2N/c1-2-13-7-3-4-8-14(13)18-11-12-6-5-9-15(16,17)10-12/h3-4,7-8,12,18H,2,5-6,9-11H2,1H3. The molecule has 0 bridgehead atoms. The molecule has 0 aromatic heterocycles. The lowest BCUT2D eigenvalue weighted by atomic mass is 9.86. The number of aryl methyl sites for hydroxylation is 1. The molecule has 1 atom stereocenters. The molecule has 0 heterocycles. The summed E-state index contributed by atoms with van der Waals surface area (Å²) in [6.07, 6.45) is 2.62. The summed E-state index contributed by atoms with van der Waals surface area (Å²) in [7, 11) is 0. The van der Waals surface area contributed by atoms with E-state index in [9.17, 15) is 8.78 Å². The van der Waals surface area contributed by atoms with Crippen LogP contribution in [0.15, 0.2) is 24.3 Å². The van der Waals surface area contributed by atoms with Crippen LogP contribution in [0, 0.1) is 5.92 Å². The average molecular weight is 253 g/mol. The molecule has 1 aromatic carbocycles. The summed E-state index contributed by atoms with van der Waals surface area (Å²) >= 11 is 0. The van der Waals surface area contributed by atoms with E-state index in [1.54, 1.807) is 0 Å². The SMILES string of the molecule is CCc1ccccc1NCC1CCCC(F)(F)C1. The largest absolute Gasteiger partial charge is 0.385 e. The van der Waals surface area contributed by atoms with Crippen LogP contribution >= 0.6 is 0 Å². The van der Waals surface area contributed by atoms with E-state index in [2.05, 4.69) is 18.3 Å². The van der Waals surface area contributed by atoms with Crippen LogP contribution in [0.3, 0.4) is 0 Å². The Kier molecular flexibility index (Phi) is 4.20. The van der Waals surface area contributed by atoms with Crippen molar-refractivity contribution < 1.29 is 8.78 Å². The van der Waals surface area contributed by atoms with Crippen LogP contribution in [-0.2, 0) is 6.42 Å². The van der Waals surface area contributed by atoms with Crippen LogP contribution in [0.25, 0.3) is 0 Å². The normalized spacial score (nSPS) is 22.7. The zero-order chi connectivity index (χ0) is 13.0. The Balaban J connectivity index is 1.91. The Morgan fingerprint density at radius 2 is 2.11 bits per heavy atom. The molecular weight excluding hydrogens is 232 g/mol. The predicted molar refractivity (Wildman–Crippen MR) is 71.2 cm³/mol. The minimum absolute atomic E-state index is 0.0360. The number of nitrogens with one attached hydrogen (secondary N) is 1. The van der Waals surface area contributed by atoms with E-state index in [-0.39, 0.29) is 18.8 Å². The highest BCUT2D eigenvalue weighted by Gasteiger charge is 2.35. The van der Waals surface area contributed by atoms with Crippen molar-refractivity contribution in [3.8, 4) is 0 Å². The van der Waals surface area contributed by atoms with Crippen molar-refractivity contribution in [1.29, 1.82) is 0 Å². The van der Waals surface area contributed by atoms with Gasteiger partial charge in [-0.1, -0.05) is 25.1 Å². The van der Waals surface area contributed by atoms with Gasteiger partial charge in [-0.3, -0.25) is 0 Å². The number of hydrogen-bond acceptors (Lipinski definition) is 1. The molecule has 3 heteroatoms. The molecule has 1 fully saturated rings. The monoisotopic (exact) mass is 253 g/mol. The lowest BCUT2D eigenvalue weighted by Gasteiger charge is -2.29. The van der Waals surface area contributed by atoms with Gasteiger partial charge >= 0.3 is 0 Å². The highest BCUT2D eigenvalue weighted by molar-refractivity contribution is 5.51. The van der Waals surface area contributed by atoms with Gasteiger partial charge < -0.3 is 5.32 Å². The maximum absolute atomic E-state index is 13.3. The highest BCUT2D eigenvalue weighted by atomic mass is 19.3. The van der Waals surface area contributed by atoms with Crippen molar-refractivity contribution in [2.75, 3.05) is 11.9 Å². The average Bonchev–Trinajstić information content (AvgIpc) is 2.35. The molecule has 18 heavy (non-hydrogen) atoms. The van der Waals surface area contributed by atoms with Gasteiger partial charge in [0.05, 0.1) is 0 Å². The van der Waals surface area contributed by atoms with Crippen molar-refractivity contribution >= 4 is 5.69 Å². The lowest BCUT2D eigenvalue weighted by Crippen LogP contribution is -2.29. The molecule has 0 aliphatic heterocycles. The minimum atomic E-state index is -2.45. The van der Waals surface area contributed by atoms with Crippen LogP contribution in [0.4, 0.5) is 14.5 Å². The summed E-state index contributed by atoms with van der Waals surface area (Å²) in [5, 5.41) is 3.34. The van der Waals surface area contributed by atoms with Crippen molar-refractivity contribution in [1.82, 2.24) is 0 Å². The molecule has 100 valence electrons. The van der Waals surface area contributed by atoms with Gasteiger partial charge in [0, 0.05) is 25.1 Å². The smallest absolute Gasteiger partial charge is 0.248 e. The van der Waals surface area contributed by atoms with E-state index < -0.39 is 5.92 Å². The third kappa shape index (κ3) is 3.44. The van der Waals surface area contributed by atoms with Gasteiger partial charge in [-0.05, 0) is 36.8 Å². The van der Waals surface area contributed by atoms with Crippen LogP contribution < -0.4 is 5.32 Å². The molecule has 1 aliphatic rings. The molecule has 0 radical (unpaired) electrons. The van der Waals surface area contributed by atoms with E-state index in [0.29, 0.717) is 13.0 Å². The fourth-order valence-electron chi connectivity index (χ4n) is 2.71. The van der Waals surface area contributed by atoms with E-state index >= 15 is 0 Å². The third-order valence-electron chi connectivity index (χ3n) is 3.72. The fraction of sp³-hybridized carbons (Fsp3) is 0.600. The van der Waals surface area contributed by atoms with E-state index in [0.717, 1.165) is 18.5 Å². The molecular formula is C15H21F2N. The summed E-state index contributed by atoms with van der Waals surface area (Å²) in [5.74, 6) is -2.35. The van der Waals surface area contributed by atoms with Crippen molar-refractivity contribution in [2.24, 2.45) is 5.92 Å². The number of hydrogen-bond donors (Lipinski definition) is 1. The van der Waals surface area contributed by atoms with Crippen molar-refractivity contribution in [2.45, 2.75) is 45.0 Å². The zero-order valence-corrected chi connectivity index (χ0v) is 10.9. The van der Waals surface area contributed by atoms with Gasteiger partial charge in [0.25, 0.3) is 0 Å². The molecule has 1 saturated carbocycles. The predicted octanol–water partition coefficient (Wildman–Crippen LogP) is 4.49. The third-order valence-corrected chi connectivity index (χ3v) is 3.72. The minimum Gasteiger partial charge on any atom is -0.385 e. The first-order valence-electron chi connectivity index (χ1n) is 6.80. The van der Waals surface area contributed by atoms with E-state index in [1.807, 2.05) is 18.2 Å². The van der Waals surface area contributed by atoms with Crippen LogP contribution in [0.2, 0.25) is 0 Å². The number of para-hydroxylation sites is 1. The van der Waals surface area contributed by atoms with Gasteiger partial charge in [0.2, 0.25) is 5.92 Å². The Labute approximate surface area is 108 Å². The van der Waals surface area contributed by atoms with Crippen LogP contribution in [-0.4, -0.2) is 12.5 Å². The zero-order valence-electron chi connectivity index (χ0n) is 10.9. The second kappa shape index (κ2) is 5.68. The van der Waals surface area contributed by atoms with Crippen LogP contribution in [0.1, 0.15) is 38.2 Å². The van der Waals surface area contributed by atoms with Crippen molar-refractivity contribution in [3.05, 3.63) is 29.8 Å². The molecule has 1 aliphatic carbocycles. The second-order valence-corrected chi connectivity index (χ2v) is 5.21. The number of rotatable bonds is 4. The fourth-order valence-corrected chi connectivity index (χ4v) is 2.71. The van der Waals surface area contributed by atoms with Gasteiger partial charge in [-0.25, -0.2) is 8.78 Å². The van der Waals surface area contributed by atoms with Gasteiger partial charge in [-0.15, -0.1) is 0 Å². The summed E-state index contributed by atoms with van der Waals surface area (Å²) in [5.41, 5.74) is 2.34. The molecule has 0 amide bonds. The molecule has 1 N–H and O–H groups in total. The maximum atomic E-state index is 13.3. The first-order valence-corrected chi connectivity index (χ1v) is 6.80. The Hall–Kier alpha value is -1.12. The van der Waals surface area contributed by atoms with Gasteiger partial charge in [0.1, 0.15) is 0 Å². The Bertz CT molecular complexity index is 390. The Morgan fingerprint density at radius 1 is 1.33 bits per heavy atom. The second-order valence-electron chi connectivity index (χ2n) is 5.21. The number of benzene rings is 1. The summed E-state index contributed by atoms with van der Waals surface area (Å²) in [6.45, 7) is 2.77. The lowest BCUT2D eigenvalue weighted by molar-refractivity contribution is -0.0502. The summed E-state index contributed by atoms with van der Waals surface area (Å²) in [4.78, 5) is 0. The van der Waals surface area contributed by atoms with Crippen molar-refractivity contribution in [3.63, 3.8) is 0 Å². The van der Waals surface area contributed by atoms with E-state index in [4.69, 9.17) is 0 Å². The van der Waals surface area contributed by atoms with Gasteiger partial charge in [0.15, 0.2) is 0 Å². The van der Waals surface area contributed by atoms with Crippen LogP contribution in [0.5, 0.6) is 0 Å². The molecule has 0 saturated heterocycles. The Morgan fingerprint density at radius 3 is 2.83 bits per heavy atom. The highest BCUT2D eigenvalue weighted by Crippen LogP contribution is 2.36. The number of anilines is 1. The molecule has 1 aromatic rings. The molecule has 1 unspecified atom stereocenters. The van der Waals surface area contributed by atoms with Gasteiger partial charge in [-0.2, -0.15) is 0 Å².